The van der Waals surface area contributed by atoms with Crippen LogP contribution < -0.4 is 14.8 Å². The highest BCUT2D eigenvalue weighted by molar-refractivity contribution is 6.31. The van der Waals surface area contributed by atoms with Gasteiger partial charge in [-0.25, -0.2) is 0 Å². The highest BCUT2D eigenvalue weighted by Gasteiger charge is 2.33. The summed E-state index contributed by atoms with van der Waals surface area (Å²) in [5.74, 6) is 1.82. The van der Waals surface area contributed by atoms with Crippen molar-refractivity contribution in [3.63, 3.8) is 0 Å². The van der Waals surface area contributed by atoms with E-state index in [2.05, 4.69) is 29.6 Å². The highest BCUT2D eigenvalue weighted by Crippen LogP contribution is 2.48. The average Bonchev–Trinajstić information content (AvgIpc) is 3.09. The van der Waals surface area contributed by atoms with Crippen molar-refractivity contribution in [3.8, 4) is 11.5 Å². The second kappa shape index (κ2) is 4.93. The van der Waals surface area contributed by atoms with Crippen molar-refractivity contribution >= 4 is 11.6 Å². The van der Waals surface area contributed by atoms with Gasteiger partial charge in [0.25, 0.3) is 0 Å². The Kier molecular flexibility index (Phi) is 3.05. The van der Waals surface area contributed by atoms with Crippen LogP contribution in [0.2, 0.25) is 5.02 Å². The van der Waals surface area contributed by atoms with Gasteiger partial charge in [0.1, 0.15) is 0 Å². The maximum atomic E-state index is 6.49. The first-order chi connectivity index (χ1) is 10.3. The van der Waals surface area contributed by atoms with Crippen LogP contribution >= 0.6 is 11.6 Å². The highest BCUT2D eigenvalue weighted by atomic mass is 35.5. The molecule has 1 aliphatic heterocycles. The lowest BCUT2D eigenvalue weighted by atomic mass is 9.92. The summed E-state index contributed by atoms with van der Waals surface area (Å²) < 4.78 is 10.9. The fourth-order valence-corrected chi connectivity index (χ4v) is 3.69. The molecule has 0 aromatic heterocycles. The molecule has 0 spiro atoms. The normalized spacial score (nSPS) is 22.4. The lowest BCUT2D eigenvalue weighted by molar-refractivity contribution is 0.174. The van der Waals surface area contributed by atoms with Gasteiger partial charge in [0.2, 0.25) is 6.79 Å². The monoisotopic (exact) mass is 301 g/mol. The van der Waals surface area contributed by atoms with Crippen molar-refractivity contribution in [1.82, 2.24) is 5.32 Å². The predicted octanol–water partition coefficient (Wildman–Crippen LogP) is 3.86. The molecule has 2 aromatic carbocycles. The van der Waals surface area contributed by atoms with Crippen LogP contribution in [0.4, 0.5) is 0 Å². The number of hydrogen-bond acceptors (Lipinski definition) is 3. The first kappa shape index (κ1) is 13.0. The molecule has 2 atom stereocenters. The molecule has 0 amide bonds. The largest absolute Gasteiger partial charge is 0.454 e. The van der Waals surface area contributed by atoms with Gasteiger partial charge in [-0.1, -0.05) is 35.9 Å². The third-order valence-corrected chi connectivity index (χ3v) is 4.76. The molecule has 0 saturated heterocycles. The molecule has 2 aromatic rings. The lowest BCUT2D eigenvalue weighted by Crippen LogP contribution is -2.13. The maximum Gasteiger partial charge on any atom is 0.231 e. The number of rotatable bonds is 2. The summed E-state index contributed by atoms with van der Waals surface area (Å²) in [4.78, 5) is 0. The van der Waals surface area contributed by atoms with Gasteiger partial charge in [0.05, 0.1) is 0 Å². The van der Waals surface area contributed by atoms with Crippen LogP contribution in [0.15, 0.2) is 36.4 Å². The SMILES string of the molecule is CN[C@H]1C[C@H](c2cc3c(cc2Cl)OCO3)c2ccccc21. The van der Waals surface area contributed by atoms with E-state index in [0.29, 0.717) is 12.0 Å². The van der Waals surface area contributed by atoms with E-state index in [1.165, 1.54) is 11.1 Å². The van der Waals surface area contributed by atoms with Gasteiger partial charge in [-0.15, -0.1) is 0 Å². The van der Waals surface area contributed by atoms with Crippen LogP contribution in [0.3, 0.4) is 0 Å². The minimum atomic E-state index is 0.273. The fourth-order valence-electron chi connectivity index (χ4n) is 3.40. The first-order valence-corrected chi connectivity index (χ1v) is 7.51. The number of ether oxygens (including phenoxy) is 2. The van der Waals surface area contributed by atoms with Crippen molar-refractivity contribution in [2.45, 2.75) is 18.4 Å². The zero-order valence-electron chi connectivity index (χ0n) is 11.7. The van der Waals surface area contributed by atoms with Crippen molar-refractivity contribution in [1.29, 1.82) is 0 Å². The first-order valence-electron chi connectivity index (χ1n) is 7.13. The van der Waals surface area contributed by atoms with E-state index in [0.717, 1.165) is 28.5 Å². The summed E-state index contributed by atoms with van der Waals surface area (Å²) in [6.45, 7) is 0.273. The Morgan fingerprint density at radius 2 is 1.76 bits per heavy atom. The van der Waals surface area contributed by atoms with Crippen LogP contribution in [0.1, 0.15) is 35.1 Å². The summed E-state index contributed by atoms with van der Waals surface area (Å²) in [6, 6.07) is 12.8. The zero-order valence-corrected chi connectivity index (χ0v) is 12.5. The summed E-state index contributed by atoms with van der Waals surface area (Å²) in [5.41, 5.74) is 3.82. The molecular weight excluding hydrogens is 286 g/mol. The molecule has 4 rings (SSSR count). The zero-order chi connectivity index (χ0) is 14.4. The fraction of sp³-hybridized carbons (Fsp3) is 0.294. The van der Waals surface area contributed by atoms with Gasteiger partial charge in [-0.3, -0.25) is 0 Å². The molecule has 1 heterocycles. The van der Waals surface area contributed by atoms with Gasteiger partial charge in [0, 0.05) is 23.0 Å². The summed E-state index contributed by atoms with van der Waals surface area (Å²) >= 11 is 6.49. The van der Waals surface area contributed by atoms with Crippen LogP contribution in [0, 0.1) is 0 Å². The van der Waals surface area contributed by atoms with Crippen molar-refractivity contribution in [2.75, 3.05) is 13.8 Å². The summed E-state index contributed by atoms with van der Waals surface area (Å²) in [5, 5.41) is 4.14. The number of fused-ring (bicyclic) bond motifs is 2. The average molecular weight is 302 g/mol. The van der Waals surface area contributed by atoms with Crippen molar-refractivity contribution < 1.29 is 9.47 Å². The molecule has 3 nitrogen and oxygen atoms in total. The Balaban J connectivity index is 1.81. The number of benzene rings is 2. The van der Waals surface area contributed by atoms with Crippen LogP contribution in [0.25, 0.3) is 0 Å². The molecule has 2 aliphatic rings. The van der Waals surface area contributed by atoms with Crippen LogP contribution in [-0.4, -0.2) is 13.8 Å². The van der Waals surface area contributed by atoms with Crippen LogP contribution in [-0.2, 0) is 0 Å². The maximum absolute atomic E-state index is 6.49. The van der Waals surface area contributed by atoms with E-state index in [4.69, 9.17) is 21.1 Å². The molecule has 1 aliphatic carbocycles. The predicted molar refractivity (Wildman–Crippen MR) is 82.3 cm³/mol. The number of hydrogen-bond donors (Lipinski definition) is 1. The quantitative estimate of drug-likeness (QED) is 0.913. The second-order valence-electron chi connectivity index (χ2n) is 5.49. The number of nitrogens with one attached hydrogen (secondary N) is 1. The minimum Gasteiger partial charge on any atom is -0.454 e. The van der Waals surface area contributed by atoms with E-state index in [1.54, 1.807) is 0 Å². The molecule has 0 unspecified atom stereocenters. The molecule has 4 heteroatoms. The van der Waals surface area contributed by atoms with E-state index >= 15 is 0 Å². The standard InChI is InChI=1S/C17H16ClNO2/c1-19-15-6-12(10-4-2-3-5-11(10)15)13-7-16-17(8-14(13)18)21-9-20-16/h2-5,7-8,12,15,19H,6,9H2,1H3/t12-,15-/m0/s1. The minimum absolute atomic E-state index is 0.273. The van der Waals surface area contributed by atoms with E-state index < -0.39 is 0 Å². The Morgan fingerprint density at radius 1 is 1.05 bits per heavy atom. The molecule has 108 valence electrons. The number of halogens is 1. The third-order valence-electron chi connectivity index (χ3n) is 4.43. The summed E-state index contributed by atoms with van der Waals surface area (Å²) in [7, 11) is 2.01. The smallest absolute Gasteiger partial charge is 0.231 e. The topological polar surface area (TPSA) is 30.5 Å². The second-order valence-corrected chi connectivity index (χ2v) is 5.89. The molecule has 0 bridgehead atoms. The molecule has 1 N–H and O–H groups in total. The molecule has 21 heavy (non-hydrogen) atoms. The van der Waals surface area contributed by atoms with Gasteiger partial charge < -0.3 is 14.8 Å². The van der Waals surface area contributed by atoms with Gasteiger partial charge in [0.15, 0.2) is 11.5 Å². The van der Waals surface area contributed by atoms with Gasteiger partial charge >= 0.3 is 0 Å². The molecular formula is C17H16ClNO2. The molecule has 0 radical (unpaired) electrons. The molecule has 0 fully saturated rings. The van der Waals surface area contributed by atoms with E-state index in [-0.39, 0.29) is 6.79 Å². The summed E-state index contributed by atoms with van der Waals surface area (Å²) in [6.07, 6.45) is 1.01. The Labute approximate surface area is 128 Å². The Bertz CT molecular complexity index is 701. The molecule has 0 saturated carbocycles. The Hall–Kier alpha value is -1.71. The third kappa shape index (κ3) is 2.00. The lowest BCUT2D eigenvalue weighted by Gasteiger charge is -2.15. The van der Waals surface area contributed by atoms with Gasteiger partial charge in [-0.05, 0) is 36.2 Å². The van der Waals surface area contributed by atoms with Gasteiger partial charge in [-0.2, -0.15) is 0 Å². The van der Waals surface area contributed by atoms with Crippen LogP contribution in [0.5, 0.6) is 11.5 Å². The van der Waals surface area contributed by atoms with Crippen molar-refractivity contribution in [3.05, 3.63) is 58.1 Å². The Morgan fingerprint density at radius 3 is 2.52 bits per heavy atom. The van der Waals surface area contributed by atoms with E-state index in [9.17, 15) is 0 Å². The van der Waals surface area contributed by atoms with Crippen molar-refractivity contribution in [2.24, 2.45) is 0 Å². The van der Waals surface area contributed by atoms with E-state index in [1.807, 2.05) is 19.2 Å².